The van der Waals surface area contributed by atoms with Crippen LogP contribution >= 0.6 is 0 Å². The van der Waals surface area contributed by atoms with Crippen LogP contribution in [0.15, 0.2) is 48.5 Å². The lowest BCUT2D eigenvalue weighted by Crippen LogP contribution is -2.30. The molecule has 2 aliphatic rings. The van der Waals surface area contributed by atoms with Crippen molar-refractivity contribution in [3.8, 4) is 22.3 Å². The highest BCUT2D eigenvalue weighted by molar-refractivity contribution is 6.00. The summed E-state index contributed by atoms with van der Waals surface area (Å²) in [5.41, 5.74) is 16.8. The second-order valence-electron chi connectivity index (χ2n) is 12.2. The molecule has 38 heavy (non-hydrogen) atoms. The Hall–Kier alpha value is -2.34. The molecule has 0 radical (unpaired) electrons. The molecule has 0 aromatic heterocycles. The Labute approximate surface area is 233 Å². The van der Waals surface area contributed by atoms with Gasteiger partial charge in [0, 0.05) is 10.8 Å². The predicted octanol–water partition coefficient (Wildman–Crippen LogP) is 11.3. The Balaban J connectivity index is 2.04. The van der Waals surface area contributed by atoms with Gasteiger partial charge in [0.05, 0.1) is 0 Å². The summed E-state index contributed by atoms with van der Waals surface area (Å²) in [7, 11) is 0. The van der Waals surface area contributed by atoms with Gasteiger partial charge in [0.1, 0.15) is 0 Å². The van der Waals surface area contributed by atoms with Crippen molar-refractivity contribution in [2.75, 3.05) is 0 Å². The lowest BCUT2D eigenvalue weighted by molar-refractivity contribution is 0.425. The van der Waals surface area contributed by atoms with Crippen molar-refractivity contribution < 1.29 is 0 Å². The molecule has 5 rings (SSSR count). The second-order valence-corrected chi connectivity index (χ2v) is 12.2. The molecule has 3 aromatic rings. The molecule has 0 bridgehead atoms. The number of benzene rings is 3. The van der Waals surface area contributed by atoms with Crippen molar-refractivity contribution in [3.05, 3.63) is 81.9 Å². The third kappa shape index (κ3) is 3.76. The lowest BCUT2D eigenvalue weighted by Gasteiger charge is -2.38. The van der Waals surface area contributed by atoms with E-state index in [0.29, 0.717) is 0 Å². The maximum absolute atomic E-state index is 2.49. The molecule has 202 valence electrons. The number of rotatable bonds is 12. The highest BCUT2D eigenvalue weighted by Crippen LogP contribution is 2.65. The molecule has 0 saturated carbocycles. The summed E-state index contributed by atoms with van der Waals surface area (Å²) < 4.78 is 0. The molecule has 0 atom stereocenters. The molecule has 0 unspecified atom stereocenters. The Kier molecular flexibility index (Phi) is 7.91. The zero-order valence-electron chi connectivity index (χ0n) is 25.1. The number of fused-ring (bicyclic) bond motifs is 7. The van der Waals surface area contributed by atoms with Crippen LogP contribution in [-0.4, -0.2) is 0 Å². The second kappa shape index (κ2) is 11.0. The largest absolute Gasteiger partial charge is 0.0653 e. The molecule has 3 aromatic carbocycles. The van der Waals surface area contributed by atoms with Gasteiger partial charge in [0.15, 0.2) is 0 Å². The van der Waals surface area contributed by atoms with Gasteiger partial charge in [0.25, 0.3) is 0 Å². The van der Waals surface area contributed by atoms with Crippen molar-refractivity contribution in [2.45, 2.75) is 129 Å². The topological polar surface area (TPSA) is 0 Å². The van der Waals surface area contributed by atoms with E-state index >= 15 is 0 Å². The number of hydrogen-bond donors (Lipinski definition) is 0. The zero-order valence-corrected chi connectivity index (χ0v) is 25.1. The standard InChI is InChI=1S/C38H50/c1-7-17-27-28(18-8-2)36-34(30-20-14-16-22-32(30)38(36,25-11-5)26-12-6)33-29-19-13-15-21-31(29)37(23-9-3,24-10-4)35(27)33/h13-16,19-22H,7-12,17-18,23-26H2,1-6H3. The molecule has 0 heteroatoms. The molecule has 0 saturated heterocycles. The summed E-state index contributed by atoms with van der Waals surface area (Å²) in [5, 5.41) is 0. The molecule has 0 N–H and O–H groups in total. The molecule has 0 spiro atoms. The van der Waals surface area contributed by atoms with Gasteiger partial charge >= 0.3 is 0 Å². The van der Waals surface area contributed by atoms with Crippen LogP contribution in [0.4, 0.5) is 0 Å². The van der Waals surface area contributed by atoms with Gasteiger partial charge in [-0.15, -0.1) is 0 Å². The van der Waals surface area contributed by atoms with Gasteiger partial charge in [-0.2, -0.15) is 0 Å². The van der Waals surface area contributed by atoms with E-state index in [9.17, 15) is 0 Å². The van der Waals surface area contributed by atoms with Gasteiger partial charge in [-0.1, -0.05) is 129 Å². The molecule has 0 fully saturated rings. The van der Waals surface area contributed by atoms with E-state index in [1.807, 2.05) is 0 Å². The Morgan fingerprint density at radius 2 is 0.789 bits per heavy atom. The quantitative estimate of drug-likeness (QED) is 0.229. The minimum Gasteiger partial charge on any atom is -0.0653 e. The van der Waals surface area contributed by atoms with E-state index in [1.54, 1.807) is 55.6 Å². The maximum atomic E-state index is 2.49. The van der Waals surface area contributed by atoms with E-state index in [4.69, 9.17) is 0 Å². The van der Waals surface area contributed by atoms with E-state index in [2.05, 4.69) is 90.1 Å². The molecule has 2 aliphatic carbocycles. The van der Waals surface area contributed by atoms with E-state index in [1.165, 1.54) is 77.0 Å². The Morgan fingerprint density at radius 3 is 1.11 bits per heavy atom. The Morgan fingerprint density at radius 1 is 0.447 bits per heavy atom. The first kappa shape index (κ1) is 27.2. The van der Waals surface area contributed by atoms with Gasteiger partial charge in [-0.3, -0.25) is 0 Å². The minimum atomic E-state index is 0.146. The summed E-state index contributed by atoms with van der Waals surface area (Å²) in [6.07, 6.45) is 14.8. The maximum Gasteiger partial charge on any atom is 0.0218 e. The van der Waals surface area contributed by atoms with E-state index in [-0.39, 0.29) is 10.8 Å². The fourth-order valence-corrected chi connectivity index (χ4v) is 9.00. The van der Waals surface area contributed by atoms with Crippen molar-refractivity contribution in [2.24, 2.45) is 0 Å². The Bertz CT molecular complexity index is 1180. The highest BCUT2D eigenvalue weighted by Gasteiger charge is 2.51. The highest BCUT2D eigenvalue weighted by atomic mass is 14.5. The van der Waals surface area contributed by atoms with Crippen molar-refractivity contribution in [1.82, 2.24) is 0 Å². The average molecular weight is 507 g/mol. The van der Waals surface area contributed by atoms with Crippen LogP contribution in [0.3, 0.4) is 0 Å². The van der Waals surface area contributed by atoms with Gasteiger partial charge in [0.2, 0.25) is 0 Å². The average Bonchev–Trinajstić information content (AvgIpc) is 3.35. The fraction of sp³-hybridized carbons (Fsp3) is 0.526. The first-order chi connectivity index (χ1) is 18.6. The molecule has 0 nitrogen and oxygen atoms in total. The van der Waals surface area contributed by atoms with Crippen LogP contribution in [-0.2, 0) is 23.7 Å². The first-order valence-electron chi connectivity index (χ1n) is 16.0. The predicted molar refractivity (Wildman–Crippen MR) is 166 cm³/mol. The van der Waals surface area contributed by atoms with Crippen LogP contribution in [0.25, 0.3) is 22.3 Å². The fourth-order valence-electron chi connectivity index (χ4n) is 9.00. The van der Waals surface area contributed by atoms with Crippen LogP contribution in [0.5, 0.6) is 0 Å². The van der Waals surface area contributed by atoms with Crippen LogP contribution < -0.4 is 0 Å². The third-order valence-corrected chi connectivity index (χ3v) is 9.81. The van der Waals surface area contributed by atoms with Gasteiger partial charge in [-0.25, -0.2) is 0 Å². The first-order valence-corrected chi connectivity index (χ1v) is 16.0. The molecular weight excluding hydrogens is 456 g/mol. The summed E-state index contributed by atoms with van der Waals surface area (Å²) in [4.78, 5) is 0. The summed E-state index contributed by atoms with van der Waals surface area (Å²) in [6, 6.07) is 19.2. The SMILES string of the molecule is CCCc1c(CCC)c2c(c3c1C(CCC)(CCC)c1ccccc1-3)-c1ccccc1C2(CCC)CCC. The molecule has 0 amide bonds. The summed E-state index contributed by atoms with van der Waals surface area (Å²) >= 11 is 0. The van der Waals surface area contributed by atoms with E-state index < -0.39 is 0 Å². The summed E-state index contributed by atoms with van der Waals surface area (Å²) in [6.45, 7) is 14.4. The van der Waals surface area contributed by atoms with Crippen molar-refractivity contribution in [1.29, 1.82) is 0 Å². The van der Waals surface area contributed by atoms with Crippen molar-refractivity contribution >= 4 is 0 Å². The minimum absolute atomic E-state index is 0.146. The van der Waals surface area contributed by atoms with Crippen LogP contribution in [0.2, 0.25) is 0 Å². The monoisotopic (exact) mass is 506 g/mol. The number of hydrogen-bond acceptors (Lipinski definition) is 0. The third-order valence-electron chi connectivity index (χ3n) is 9.81. The van der Waals surface area contributed by atoms with Crippen LogP contribution in [0.1, 0.15) is 139 Å². The summed E-state index contributed by atoms with van der Waals surface area (Å²) in [5.74, 6) is 0. The lowest BCUT2D eigenvalue weighted by atomic mass is 9.65. The van der Waals surface area contributed by atoms with Crippen LogP contribution in [0, 0.1) is 0 Å². The van der Waals surface area contributed by atoms with Gasteiger partial charge in [-0.05, 0) is 94.2 Å². The molecular formula is C38H50. The van der Waals surface area contributed by atoms with E-state index in [0.717, 1.165) is 0 Å². The normalized spacial score (nSPS) is 15.7. The zero-order chi connectivity index (χ0) is 26.9. The molecule has 0 heterocycles. The van der Waals surface area contributed by atoms with Gasteiger partial charge < -0.3 is 0 Å². The molecule has 0 aliphatic heterocycles. The van der Waals surface area contributed by atoms with Crippen molar-refractivity contribution in [3.63, 3.8) is 0 Å². The smallest absolute Gasteiger partial charge is 0.0218 e.